The number of carboxylic acid groups (broad SMARTS) is 1. The molecule has 8 nitrogen and oxygen atoms in total. The third-order valence-electron chi connectivity index (χ3n) is 6.00. The summed E-state index contributed by atoms with van der Waals surface area (Å²) in [5.74, 6) is 0. The van der Waals surface area contributed by atoms with Crippen molar-refractivity contribution in [1.29, 1.82) is 0 Å². The maximum absolute atomic E-state index is 12.3. The lowest BCUT2D eigenvalue weighted by atomic mass is 9.88. The van der Waals surface area contributed by atoms with Crippen molar-refractivity contribution >= 4 is 12.6 Å². The Kier molecular flexibility index (Phi) is 6.77. The molecule has 3 heterocycles. The lowest BCUT2D eigenvalue weighted by Gasteiger charge is -2.45. The number of ether oxygens (including phenoxy) is 1. The smallest absolute Gasteiger partial charge is 0.410 e. The van der Waals surface area contributed by atoms with Gasteiger partial charge in [-0.3, -0.25) is 19.3 Å². The Morgan fingerprint density at radius 1 is 1.23 bits per heavy atom. The molecule has 8 heteroatoms. The van der Waals surface area contributed by atoms with Crippen LogP contribution in [0.1, 0.15) is 29.4 Å². The highest BCUT2D eigenvalue weighted by molar-refractivity contribution is 5.71. The van der Waals surface area contributed by atoms with Crippen LogP contribution in [0.25, 0.3) is 0 Å². The molecule has 0 saturated carbocycles. The van der Waals surface area contributed by atoms with E-state index in [9.17, 15) is 4.79 Å². The fourth-order valence-corrected chi connectivity index (χ4v) is 4.55. The molecule has 1 N–H and O–H groups in total. The number of rotatable bonds is 5. The first-order valence-corrected chi connectivity index (χ1v) is 10.3. The molecule has 0 spiro atoms. The van der Waals surface area contributed by atoms with Crippen LogP contribution < -0.4 is 0 Å². The number of amides is 1. The summed E-state index contributed by atoms with van der Waals surface area (Å²) in [5.41, 5.74) is 4.62. The normalized spacial score (nSPS) is 20.9. The fraction of sp³-hybridized carbons (Fsp3) is 0.500. The first-order valence-electron chi connectivity index (χ1n) is 10.3. The first kappa shape index (κ1) is 21.8. The van der Waals surface area contributed by atoms with Crippen LogP contribution in [0.4, 0.5) is 4.79 Å². The van der Waals surface area contributed by atoms with Crippen molar-refractivity contribution in [2.45, 2.75) is 45.8 Å². The number of benzene rings is 1. The van der Waals surface area contributed by atoms with Gasteiger partial charge in [-0.1, -0.05) is 30.3 Å². The quantitative estimate of drug-likeness (QED) is 0.757. The average molecular weight is 415 g/mol. The molecule has 1 aromatic carbocycles. The molecule has 1 unspecified atom stereocenters. The molecule has 0 aliphatic carbocycles. The molecule has 2 saturated heterocycles. The van der Waals surface area contributed by atoms with Gasteiger partial charge in [-0.15, -0.1) is 0 Å². The van der Waals surface area contributed by atoms with Gasteiger partial charge < -0.3 is 9.84 Å². The zero-order valence-electron chi connectivity index (χ0n) is 17.9. The molecule has 0 bridgehead atoms. The van der Waals surface area contributed by atoms with Crippen molar-refractivity contribution in [3.8, 4) is 0 Å². The highest BCUT2D eigenvalue weighted by atomic mass is 16.6. The number of aryl methyl sites for hydroxylation is 2. The summed E-state index contributed by atoms with van der Waals surface area (Å²) in [6.45, 7) is 10.7. The predicted octanol–water partition coefficient (Wildman–Crippen LogP) is 2.47. The third kappa shape index (κ3) is 4.33. The lowest BCUT2D eigenvalue weighted by molar-refractivity contribution is -0.122. The minimum absolute atomic E-state index is 0.170. The zero-order valence-corrected chi connectivity index (χ0v) is 17.9. The van der Waals surface area contributed by atoms with Crippen molar-refractivity contribution < 1.29 is 19.4 Å². The summed E-state index contributed by atoms with van der Waals surface area (Å²) in [4.78, 5) is 25.1. The second-order valence-electron chi connectivity index (χ2n) is 7.87. The maximum Gasteiger partial charge on any atom is 0.410 e. The van der Waals surface area contributed by atoms with E-state index in [0.29, 0.717) is 13.2 Å². The van der Waals surface area contributed by atoms with Crippen LogP contribution in [-0.2, 0) is 29.0 Å². The topological polar surface area (TPSA) is 87.9 Å². The number of hydrogen-bond donors (Lipinski definition) is 1. The average Bonchev–Trinajstić information content (AvgIpc) is 3.20. The van der Waals surface area contributed by atoms with Gasteiger partial charge in [-0.2, -0.15) is 5.10 Å². The number of cyclic esters (lactones) is 1. The number of carbonyl (C=O) groups excluding carboxylic acids is 1. The molecule has 2 aliphatic rings. The van der Waals surface area contributed by atoms with Gasteiger partial charge >= 0.3 is 6.09 Å². The van der Waals surface area contributed by atoms with Gasteiger partial charge in [0.25, 0.3) is 6.47 Å². The van der Waals surface area contributed by atoms with Gasteiger partial charge in [0, 0.05) is 50.4 Å². The molecule has 162 valence electrons. The van der Waals surface area contributed by atoms with Crippen molar-refractivity contribution in [1.82, 2.24) is 19.6 Å². The Balaban J connectivity index is 0.000000806. The Labute approximate surface area is 177 Å². The van der Waals surface area contributed by atoms with E-state index in [2.05, 4.69) is 59.7 Å². The lowest BCUT2D eigenvalue weighted by Crippen LogP contribution is -2.62. The number of hydrogen-bond acceptors (Lipinski definition) is 5. The van der Waals surface area contributed by atoms with Crippen LogP contribution in [0, 0.1) is 13.8 Å². The third-order valence-corrected chi connectivity index (χ3v) is 6.00. The minimum atomic E-state index is -0.279. The van der Waals surface area contributed by atoms with E-state index in [1.807, 2.05) is 11.0 Å². The molecular formula is C22H30N4O4. The Bertz CT molecular complexity index is 883. The van der Waals surface area contributed by atoms with Gasteiger partial charge in [-0.05, 0) is 26.3 Å². The SMILES string of the molecule is CCn1nc(C)c(CN2CCN3C(=O)OCC3(Cc3ccccc3)C2)c1C.O=CO. The fourth-order valence-electron chi connectivity index (χ4n) is 4.55. The van der Waals surface area contributed by atoms with Gasteiger partial charge in [0.05, 0.1) is 11.2 Å². The monoisotopic (exact) mass is 414 g/mol. The molecule has 2 fully saturated rings. The second kappa shape index (κ2) is 9.30. The van der Waals surface area contributed by atoms with Crippen molar-refractivity contribution in [2.75, 3.05) is 26.2 Å². The predicted molar refractivity (Wildman–Crippen MR) is 112 cm³/mol. The number of piperazine rings is 1. The van der Waals surface area contributed by atoms with Crippen LogP contribution >= 0.6 is 0 Å². The van der Waals surface area contributed by atoms with Crippen LogP contribution in [0.2, 0.25) is 0 Å². The van der Waals surface area contributed by atoms with Crippen LogP contribution in [0.15, 0.2) is 30.3 Å². The van der Waals surface area contributed by atoms with E-state index in [0.717, 1.165) is 38.3 Å². The van der Waals surface area contributed by atoms with Gasteiger partial charge in [0.15, 0.2) is 0 Å². The maximum atomic E-state index is 12.3. The van der Waals surface area contributed by atoms with E-state index >= 15 is 0 Å². The molecule has 2 aliphatic heterocycles. The number of fused-ring (bicyclic) bond motifs is 1. The highest BCUT2D eigenvalue weighted by Gasteiger charge is 2.50. The van der Waals surface area contributed by atoms with Crippen LogP contribution in [0.5, 0.6) is 0 Å². The molecule has 2 aromatic rings. The van der Waals surface area contributed by atoms with E-state index in [1.165, 1.54) is 16.8 Å². The molecule has 30 heavy (non-hydrogen) atoms. The minimum Gasteiger partial charge on any atom is -0.483 e. The number of nitrogens with zero attached hydrogens (tertiary/aromatic N) is 4. The van der Waals surface area contributed by atoms with E-state index in [1.54, 1.807) is 0 Å². The first-order chi connectivity index (χ1) is 14.4. The highest BCUT2D eigenvalue weighted by Crippen LogP contribution is 2.33. The van der Waals surface area contributed by atoms with Gasteiger partial charge in [-0.25, -0.2) is 4.79 Å². The van der Waals surface area contributed by atoms with E-state index in [-0.39, 0.29) is 18.1 Å². The summed E-state index contributed by atoms with van der Waals surface area (Å²) in [6.07, 6.45) is 0.652. The molecule has 1 amide bonds. The molecule has 0 radical (unpaired) electrons. The van der Waals surface area contributed by atoms with Gasteiger partial charge in [0.2, 0.25) is 0 Å². The molecule has 1 atom stereocenters. The summed E-state index contributed by atoms with van der Waals surface area (Å²) in [7, 11) is 0. The van der Waals surface area contributed by atoms with Crippen molar-refractivity contribution in [3.05, 3.63) is 52.8 Å². The van der Waals surface area contributed by atoms with E-state index in [4.69, 9.17) is 14.6 Å². The van der Waals surface area contributed by atoms with Crippen molar-refractivity contribution in [2.24, 2.45) is 0 Å². The van der Waals surface area contributed by atoms with Crippen LogP contribution in [0.3, 0.4) is 0 Å². The second-order valence-corrected chi connectivity index (χ2v) is 7.87. The van der Waals surface area contributed by atoms with E-state index < -0.39 is 0 Å². The van der Waals surface area contributed by atoms with Gasteiger partial charge in [0.1, 0.15) is 6.61 Å². The van der Waals surface area contributed by atoms with Crippen LogP contribution in [-0.4, -0.2) is 69.0 Å². The summed E-state index contributed by atoms with van der Waals surface area (Å²) in [6, 6.07) is 10.4. The molecular weight excluding hydrogens is 384 g/mol. The Hall–Kier alpha value is -2.87. The zero-order chi connectivity index (χ0) is 21.7. The Morgan fingerprint density at radius 3 is 2.57 bits per heavy atom. The summed E-state index contributed by atoms with van der Waals surface area (Å²) >= 11 is 0. The summed E-state index contributed by atoms with van der Waals surface area (Å²) < 4.78 is 7.56. The van der Waals surface area contributed by atoms with Crippen molar-refractivity contribution in [3.63, 3.8) is 0 Å². The standard InChI is InChI=1S/C21H28N4O2.CH2O2/c1-4-25-17(3)19(16(2)22-25)13-23-10-11-24-20(26)27-15-21(24,14-23)12-18-8-6-5-7-9-18;2-1-3/h5-9H,4,10-15H2,1-3H3;1H,(H,2,3). The number of aromatic nitrogens is 2. The number of carbonyl (C=O) groups is 2. The molecule has 4 rings (SSSR count). The Morgan fingerprint density at radius 2 is 1.93 bits per heavy atom. The summed E-state index contributed by atoms with van der Waals surface area (Å²) in [5, 5.41) is 11.5. The molecule has 1 aromatic heterocycles. The largest absolute Gasteiger partial charge is 0.483 e.